The highest BCUT2D eigenvalue weighted by Gasteiger charge is 2.19. The molecule has 0 aliphatic heterocycles. The van der Waals surface area contributed by atoms with Gasteiger partial charge in [0.2, 0.25) is 0 Å². The Hall–Kier alpha value is -3.19. The van der Waals surface area contributed by atoms with Gasteiger partial charge in [-0.2, -0.15) is 0 Å². The zero-order valence-electron chi connectivity index (χ0n) is 41.8. The summed E-state index contributed by atoms with van der Waals surface area (Å²) < 4.78 is 71.1. The fraction of sp³-hybridized carbons (Fsp3) is 0.854. The molecule has 0 spiro atoms. The molecule has 1 N–H and O–H groups in total. The first-order chi connectivity index (χ1) is 34.0. The van der Waals surface area contributed by atoms with Gasteiger partial charge in [-0.05, 0) is 12.5 Å². The van der Waals surface area contributed by atoms with Crippen LogP contribution in [0.4, 0.5) is 17.1 Å². The summed E-state index contributed by atoms with van der Waals surface area (Å²) in [6.45, 7) is 13.2. The number of rotatable bonds is 56. The number of unbranched alkanes of at least 4 members (excludes halogenated alkanes) is 12. The minimum Gasteiger partial charge on any atom is -0.463 e. The van der Waals surface area contributed by atoms with Crippen LogP contribution in [-0.2, 0) is 66.4 Å². The molecule has 0 fully saturated rings. The number of nitro groups is 2. The zero-order chi connectivity index (χ0) is 49.8. The van der Waals surface area contributed by atoms with E-state index in [4.69, 9.17) is 61.6 Å². The fourth-order valence-electron chi connectivity index (χ4n) is 6.29. The highest BCUT2D eigenvalue weighted by Crippen LogP contribution is 2.28. The summed E-state index contributed by atoms with van der Waals surface area (Å²) in [5.41, 5.74) is -0.535. The average Bonchev–Trinajstić information content (AvgIpc) is 3.34. The van der Waals surface area contributed by atoms with Crippen LogP contribution in [0.25, 0.3) is 0 Å². The molecule has 0 amide bonds. The number of anilines is 1. The molecule has 21 nitrogen and oxygen atoms in total. The lowest BCUT2D eigenvalue weighted by atomic mass is 10.0. The van der Waals surface area contributed by atoms with Gasteiger partial charge in [0.25, 0.3) is 11.4 Å². The number of nitrogens with one attached hydrogen (secondary N) is 1. The van der Waals surface area contributed by atoms with Crippen molar-refractivity contribution < 1.29 is 76.2 Å². The van der Waals surface area contributed by atoms with E-state index in [1.54, 1.807) is 0 Å². The standard InChI is InChI=1S/C48H87N3O18/c1-2-3-4-5-6-7-8-9-10-11-12-13-14-15-48(52)69-43-42-68-41-40-67-39-38-66-37-36-65-35-34-64-33-32-63-31-30-62-29-28-61-27-26-60-25-24-59-23-22-58-21-20-57-19-18-49-46-17-16-45(50(53)54)44-47(46)51(55)56/h16-17,44,49H,2-15,18-43H2,1H3. The first-order valence-corrected chi connectivity index (χ1v) is 25.2. The van der Waals surface area contributed by atoms with Crippen molar-refractivity contribution in [3.63, 3.8) is 0 Å². The summed E-state index contributed by atoms with van der Waals surface area (Å²) in [5, 5.41) is 24.9. The molecule has 0 bridgehead atoms. The first-order valence-electron chi connectivity index (χ1n) is 25.2. The lowest BCUT2D eigenvalue weighted by molar-refractivity contribution is -0.393. The Morgan fingerprint density at radius 2 is 0.725 bits per heavy atom. The van der Waals surface area contributed by atoms with Gasteiger partial charge in [0, 0.05) is 19.0 Å². The monoisotopic (exact) mass is 994 g/mol. The largest absolute Gasteiger partial charge is 0.463 e. The molecule has 1 aromatic carbocycles. The van der Waals surface area contributed by atoms with E-state index in [0.717, 1.165) is 18.9 Å². The van der Waals surface area contributed by atoms with Gasteiger partial charge in [0.15, 0.2) is 0 Å². The summed E-state index contributed by atoms with van der Waals surface area (Å²) in [6.07, 6.45) is 17.2. The second-order valence-corrected chi connectivity index (χ2v) is 15.7. The van der Waals surface area contributed by atoms with E-state index in [0.29, 0.717) is 158 Å². The highest BCUT2D eigenvalue weighted by molar-refractivity contribution is 5.69. The van der Waals surface area contributed by atoms with Crippen molar-refractivity contribution in [1.29, 1.82) is 0 Å². The Morgan fingerprint density at radius 3 is 1.04 bits per heavy atom. The van der Waals surface area contributed by atoms with Crippen molar-refractivity contribution in [2.24, 2.45) is 0 Å². The summed E-state index contributed by atoms with van der Waals surface area (Å²) in [4.78, 5) is 32.6. The van der Waals surface area contributed by atoms with E-state index >= 15 is 0 Å². The van der Waals surface area contributed by atoms with Gasteiger partial charge in [-0.3, -0.25) is 25.0 Å². The van der Waals surface area contributed by atoms with Gasteiger partial charge in [0.05, 0.1) is 174 Å². The summed E-state index contributed by atoms with van der Waals surface area (Å²) >= 11 is 0. The molecule has 0 saturated heterocycles. The number of ether oxygens (including phenoxy) is 13. The molecule has 0 aromatic heterocycles. The van der Waals surface area contributed by atoms with E-state index in [1.807, 2.05) is 0 Å². The SMILES string of the molecule is CCCCCCCCCCCCCCCC(=O)OCCOCCOCCOCCOCCOCCOCCOCCOCCOCCOCCOCCOCCNc1ccc([N+](=O)[O-])cc1[N+](=O)[O-]. The zero-order valence-corrected chi connectivity index (χ0v) is 41.8. The van der Waals surface area contributed by atoms with Crippen LogP contribution in [0, 0.1) is 20.2 Å². The van der Waals surface area contributed by atoms with E-state index in [2.05, 4.69) is 12.2 Å². The molecule has 0 atom stereocenters. The number of carbonyl (C=O) groups excluding carboxylic acids is 1. The predicted molar refractivity (Wildman–Crippen MR) is 259 cm³/mol. The predicted octanol–water partition coefficient (Wildman–Crippen LogP) is 7.14. The number of esters is 1. The fourth-order valence-corrected chi connectivity index (χ4v) is 6.29. The van der Waals surface area contributed by atoms with Gasteiger partial charge < -0.3 is 66.9 Å². The van der Waals surface area contributed by atoms with Crippen LogP contribution in [0.5, 0.6) is 0 Å². The average molecular weight is 994 g/mol. The first kappa shape index (κ1) is 63.8. The second-order valence-electron chi connectivity index (χ2n) is 15.7. The molecule has 0 saturated carbocycles. The highest BCUT2D eigenvalue weighted by atomic mass is 16.6. The minimum atomic E-state index is -0.681. The topological polar surface area (TPSA) is 235 Å². The molecular formula is C48H87N3O18. The number of benzene rings is 1. The molecule has 0 aliphatic carbocycles. The molecule has 69 heavy (non-hydrogen) atoms. The summed E-state index contributed by atoms with van der Waals surface area (Å²) in [5.74, 6) is -0.143. The Morgan fingerprint density at radius 1 is 0.420 bits per heavy atom. The van der Waals surface area contributed by atoms with E-state index < -0.39 is 9.85 Å². The van der Waals surface area contributed by atoms with Gasteiger partial charge in [0.1, 0.15) is 12.3 Å². The molecule has 0 radical (unpaired) electrons. The van der Waals surface area contributed by atoms with Crippen LogP contribution in [0.3, 0.4) is 0 Å². The van der Waals surface area contributed by atoms with Crippen LogP contribution in [0.1, 0.15) is 96.8 Å². The van der Waals surface area contributed by atoms with Crippen molar-refractivity contribution in [2.45, 2.75) is 96.8 Å². The molecule has 21 heteroatoms. The van der Waals surface area contributed by atoms with Crippen LogP contribution >= 0.6 is 0 Å². The Bertz CT molecular complexity index is 1320. The third-order valence-electron chi connectivity index (χ3n) is 10.0. The molecule has 1 aromatic rings. The second kappa shape index (κ2) is 51.2. The maximum Gasteiger partial charge on any atom is 0.305 e. The lowest BCUT2D eigenvalue weighted by Gasteiger charge is -2.09. The number of hydrogen-bond acceptors (Lipinski definition) is 19. The quantitative estimate of drug-likeness (QED) is 0.0295. The van der Waals surface area contributed by atoms with E-state index in [-0.39, 0.29) is 42.8 Å². The molecule has 0 aliphatic rings. The van der Waals surface area contributed by atoms with Crippen molar-refractivity contribution in [2.75, 3.05) is 177 Å². The Kier molecular flexibility index (Phi) is 47.3. The maximum absolute atomic E-state index is 11.9. The Labute approximate surface area is 410 Å². The number of nitrogens with zero attached hydrogens (tertiary/aromatic N) is 2. The van der Waals surface area contributed by atoms with Crippen LogP contribution < -0.4 is 5.32 Å². The molecule has 0 heterocycles. The number of carbonyl (C=O) groups is 1. The maximum atomic E-state index is 11.9. The third kappa shape index (κ3) is 44.5. The Balaban J connectivity index is 1.67. The third-order valence-corrected chi connectivity index (χ3v) is 10.0. The van der Waals surface area contributed by atoms with Crippen molar-refractivity contribution in [3.8, 4) is 0 Å². The van der Waals surface area contributed by atoms with Crippen LogP contribution in [-0.4, -0.2) is 188 Å². The van der Waals surface area contributed by atoms with Gasteiger partial charge in [-0.15, -0.1) is 0 Å². The minimum absolute atomic E-state index is 0.143. The van der Waals surface area contributed by atoms with E-state index in [1.165, 1.54) is 82.8 Å². The van der Waals surface area contributed by atoms with Crippen LogP contribution in [0.15, 0.2) is 18.2 Å². The lowest BCUT2D eigenvalue weighted by Crippen LogP contribution is -2.16. The number of nitro benzene ring substituents is 2. The summed E-state index contributed by atoms with van der Waals surface area (Å²) in [6, 6.07) is 3.43. The molecule has 1 rings (SSSR count). The molecule has 0 unspecified atom stereocenters. The smallest absolute Gasteiger partial charge is 0.305 e. The van der Waals surface area contributed by atoms with Crippen molar-refractivity contribution >= 4 is 23.0 Å². The normalized spacial score (nSPS) is 11.4. The van der Waals surface area contributed by atoms with Gasteiger partial charge >= 0.3 is 5.97 Å². The molecule has 402 valence electrons. The van der Waals surface area contributed by atoms with Gasteiger partial charge in [-0.25, -0.2) is 0 Å². The van der Waals surface area contributed by atoms with E-state index in [9.17, 15) is 25.0 Å². The number of hydrogen-bond donors (Lipinski definition) is 1. The summed E-state index contributed by atoms with van der Waals surface area (Å²) in [7, 11) is 0. The van der Waals surface area contributed by atoms with Crippen molar-refractivity contribution in [3.05, 3.63) is 38.4 Å². The van der Waals surface area contributed by atoms with Gasteiger partial charge in [-0.1, -0.05) is 84.0 Å². The van der Waals surface area contributed by atoms with Crippen molar-refractivity contribution in [1.82, 2.24) is 0 Å². The number of non-ortho nitro benzene ring substituents is 1. The molecular weight excluding hydrogens is 907 g/mol. The van der Waals surface area contributed by atoms with Crippen LogP contribution in [0.2, 0.25) is 0 Å².